The number of rotatable bonds is 8. The first-order valence-electron chi connectivity index (χ1n) is 7.42. The molecule has 0 saturated heterocycles. The standard InChI is InChI=1S/C18H22Cl2N2O2/c1-21(2)10-8-17(23)14(18(24)9-11-22(3)4)12-13-15(19)6-5-7-16(13)20/h5-11,14H,12H2,1-4H3/b10-8-,11-9+. The molecule has 0 saturated carbocycles. The molecule has 0 amide bonds. The molecule has 0 radical (unpaired) electrons. The molecule has 0 aliphatic rings. The van der Waals surface area contributed by atoms with E-state index in [9.17, 15) is 9.59 Å². The third kappa shape index (κ3) is 6.38. The fraction of sp³-hybridized carbons (Fsp3) is 0.333. The van der Waals surface area contributed by atoms with Crippen LogP contribution in [0.3, 0.4) is 0 Å². The minimum atomic E-state index is -0.866. The van der Waals surface area contributed by atoms with Crippen molar-refractivity contribution in [1.82, 2.24) is 9.80 Å². The van der Waals surface area contributed by atoms with Gasteiger partial charge in [0.25, 0.3) is 0 Å². The van der Waals surface area contributed by atoms with Gasteiger partial charge in [-0.15, -0.1) is 0 Å². The van der Waals surface area contributed by atoms with Gasteiger partial charge in [0, 0.05) is 50.6 Å². The highest BCUT2D eigenvalue weighted by atomic mass is 35.5. The predicted molar refractivity (Wildman–Crippen MR) is 99.3 cm³/mol. The molecule has 24 heavy (non-hydrogen) atoms. The summed E-state index contributed by atoms with van der Waals surface area (Å²) in [7, 11) is 7.21. The Morgan fingerprint density at radius 3 is 1.75 bits per heavy atom. The number of carbonyl (C=O) groups is 2. The summed E-state index contributed by atoms with van der Waals surface area (Å²) >= 11 is 12.4. The number of nitrogens with zero attached hydrogens (tertiary/aromatic N) is 2. The van der Waals surface area contributed by atoms with Crippen LogP contribution < -0.4 is 0 Å². The van der Waals surface area contributed by atoms with E-state index in [-0.39, 0.29) is 18.0 Å². The van der Waals surface area contributed by atoms with Crippen LogP contribution >= 0.6 is 23.2 Å². The molecule has 6 heteroatoms. The van der Waals surface area contributed by atoms with Crippen molar-refractivity contribution in [2.24, 2.45) is 5.92 Å². The second kappa shape index (κ2) is 9.50. The van der Waals surface area contributed by atoms with Crippen LogP contribution in [0.4, 0.5) is 0 Å². The van der Waals surface area contributed by atoms with Gasteiger partial charge in [0.15, 0.2) is 11.6 Å². The Bertz CT molecular complexity index is 602. The second-order valence-electron chi connectivity index (χ2n) is 5.82. The summed E-state index contributed by atoms with van der Waals surface area (Å²) in [5.74, 6) is -1.43. The lowest BCUT2D eigenvalue weighted by molar-refractivity contribution is -0.127. The van der Waals surface area contributed by atoms with Crippen LogP contribution in [-0.4, -0.2) is 49.6 Å². The van der Waals surface area contributed by atoms with Crippen LogP contribution in [-0.2, 0) is 16.0 Å². The maximum absolute atomic E-state index is 12.5. The first kappa shape index (κ1) is 20.3. The molecule has 1 rings (SSSR count). The molecule has 4 nitrogen and oxygen atoms in total. The van der Waals surface area contributed by atoms with E-state index in [0.29, 0.717) is 15.6 Å². The van der Waals surface area contributed by atoms with Crippen LogP contribution in [0.1, 0.15) is 5.56 Å². The van der Waals surface area contributed by atoms with Crippen LogP contribution in [0.5, 0.6) is 0 Å². The molecule has 0 heterocycles. The van der Waals surface area contributed by atoms with E-state index in [1.54, 1.807) is 68.6 Å². The summed E-state index contributed by atoms with van der Waals surface area (Å²) in [6.45, 7) is 0. The molecule has 0 aromatic heterocycles. The van der Waals surface area contributed by atoms with E-state index in [1.165, 1.54) is 12.2 Å². The maximum Gasteiger partial charge on any atom is 0.168 e. The Kier molecular flexibility index (Phi) is 8.02. The van der Waals surface area contributed by atoms with E-state index in [1.807, 2.05) is 0 Å². The first-order chi connectivity index (χ1) is 11.2. The van der Waals surface area contributed by atoms with E-state index in [2.05, 4.69) is 0 Å². The number of hydrogen-bond donors (Lipinski definition) is 0. The van der Waals surface area contributed by atoms with Crippen molar-refractivity contribution in [2.45, 2.75) is 6.42 Å². The lowest BCUT2D eigenvalue weighted by atomic mass is 9.91. The minimum absolute atomic E-state index is 0.158. The van der Waals surface area contributed by atoms with Crippen molar-refractivity contribution in [3.05, 3.63) is 58.4 Å². The number of hydrogen-bond acceptors (Lipinski definition) is 4. The Hall–Kier alpha value is -1.78. The third-order valence-electron chi connectivity index (χ3n) is 3.23. The van der Waals surface area contributed by atoms with E-state index < -0.39 is 5.92 Å². The summed E-state index contributed by atoms with van der Waals surface area (Å²) in [6, 6.07) is 5.12. The van der Waals surface area contributed by atoms with Crippen molar-refractivity contribution in [3.8, 4) is 0 Å². The monoisotopic (exact) mass is 368 g/mol. The zero-order valence-corrected chi connectivity index (χ0v) is 15.8. The van der Waals surface area contributed by atoms with Gasteiger partial charge in [0.1, 0.15) is 0 Å². The van der Waals surface area contributed by atoms with Crippen molar-refractivity contribution in [1.29, 1.82) is 0 Å². The Morgan fingerprint density at radius 2 is 1.38 bits per heavy atom. The van der Waals surface area contributed by atoms with Crippen LogP contribution in [0.2, 0.25) is 10.0 Å². The van der Waals surface area contributed by atoms with Crippen molar-refractivity contribution in [2.75, 3.05) is 28.2 Å². The van der Waals surface area contributed by atoms with Gasteiger partial charge in [0.2, 0.25) is 0 Å². The highest BCUT2D eigenvalue weighted by Crippen LogP contribution is 2.27. The van der Waals surface area contributed by atoms with Gasteiger partial charge in [-0.3, -0.25) is 9.59 Å². The molecule has 0 aliphatic carbocycles. The van der Waals surface area contributed by atoms with Crippen LogP contribution in [0.15, 0.2) is 42.8 Å². The minimum Gasteiger partial charge on any atom is -0.383 e. The van der Waals surface area contributed by atoms with Crippen molar-refractivity contribution >= 4 is 34.8 Å². The molecular formula is C18H22Cl2N2O2. The SMILES string of the molecule is CN(C)/C=C\C(=O)C(Cc1c(Cl)cccc1Cl)C(=O)/C=C/N(C)C. The lowest BCUT2D eigenvalue weighted by Gasteiger charge is -2.14. The number of allylic oxidation sites excluding steroid dienone is 2. The highest BCUT2D eigenvalue weighted by molar-refractivity contribution is 6.36. The highest BCUT2D eigenvalue weighted by Gasteiger charge is 2.25. The van der Waals surface area contributed by atoms with E-state index >= 15 is 0 Å². The smallest absolute Gasteiger partial charge is 0.168 e. The van der Waals surface area contributed by atoms with E-state index in [0.717, 1.165) is 0 Å². The van der Waals surface area contributed by atoms with E-state index in [4.69, 9.17) is 23.2 Å². The Morgan fingerprint density at radius 1 is 0.958 bits per heavy atom. The summed E-state index contributed by atoms with van der Waals surface area (Å²) in [4.78, 5) is 28.5. The van der Waals surface area contributed by atoms with Gasteiger partial charge in [-0.25, -0.2) is 0 Å². The Labute approximate surface area is 153 Å². The van der Waals surface area contributed by atoms with Gasteiger partial charge in [-0.2, -0.15) is 0 Å². The second-order valence-corrected chi connectivity index (χ2v) is 6.63. The summed E-state index contributed by atoms with van der Waals surface area (Å²) < 4.78 is 0. The average molecular weight is 369 g/mol. The Balaban J connectivity index is 3.13. The molecule has 0 N–H and O–H groups in total. The average Bonchev–Trinajstić information content (AvgIpc) is 2.50. The normalized spacial score (nSPS) is 12.6. The summed E-state index contributed by atoms with van der Waals surface area (Å²) in [5, 5.41) is 0.891. The number of carbonyl (C=O) groups excluding carboxylic acids is 2. The lowest BCUT2D eigenvalue weighted by Crippen LogP contribution is -2.25. The molecule has 0 bridgehead atoms. The molecule has 1 atom stereocenters. The molecule has 130 valence electrons. The summed E-state index contributed by atoms with van der Waals surface area (Å²) in [6.07, 6.45) is 6.19. The molecular weight excluding hydrogens is 347 g/mol. The van der Waals surface area contributed by atoms with Gasteiger partial charge in [-0.1, -0.05) is 29.3 Å². The molecule has 0 spiro atoms. The van der Waals surface area contributed by atoms with Gasteiger partial charge < -0.3 is 9.80 Å². The molecule has 0 aliphatic heterocycles. The van der Waals surface area contributed by atoms with Crippen LogP contribution in [0.25, 0.3) is 0 Å². The van der Waals surface area contributed by atoms with Gasteiger partial charge in [-0.05, 0) is 36.3 Å². The fourth-order valence-electron chi connectivity index (χ4n) is 1.95. The predicted octanol–water partition coefficient (Wildman–Crippen LogP) is 3.44. The zero-order valence-electron chi connectivity index (χ0n) is 14.3. The molecule has 1 aromatic rings. The van der Waals surface area contributed by atoms with Crippen molar-refractivity contribution in [3.63, 3.8) is 0 Å². The van der Waals surface area contributed by atoms with Gasteiger partial charge >= 0.3 is 0 Å². The molecule has 1 aromatic carbocycles. The quantitative estimate of drug-likeness (QED) is 0.520. The molecule has 1 unspecified atom stereocenters. The first-order valence-corrected chi connectivity index (χ1v) is 8.17. The number of benzene rings is 1. The number of ketones is 2. The fourth-order valence-corrected chi connectivity index (χ4v) is 2.50. The molecule has 0 fully saturated rings. The van der Waals surface area contributed by atoms with Gasteiger partial charge in [0.05, 0.1) is 5.92 Å². The van der Waals surface area contributed by atoms with Crippen molar-refractivity contribution < 1.29 is 9.59 Å². The zero-order chi connectivity index (χ0) is 18.3. The van der Waals surface area contributed by atoms with Crippen LogP contribution in [0, 0.1) is 5.92 Å². The largest absolute Gasteiger partial charge is 0.383 e. The number of halogens is 2. The topological polar surface area (TPSA) is 40.6 Å². The summed E-state index contributed by atoms with van der Waals surface area (Å²) in [5.41, 5.74) is 0.601. The maximum atomic E-state index is 12.5. The third-order valence-corrected chi connectivity index (χ3v) is 3.94.